The first-order valence-corrected chi connectivity index (χ1v) is 7.76. The Morgan fingerprint density at radius 2 is 2.04 bits per heavy atom. The number of ether oxygens (including phenoxy) is 1. The molecule has 0 spiro atoms. The van der Waals surface area contributed by atoms with Crippen LogP contribution in [0.1, 0.15) is 32.8 Å². The lowest BCUT2D eigenvalue weighted by Gasteiger charge is -2.21. The third kappa shape index (κ3) is 6.26. The predicted octanol–water partition coefficient (Wildman–Crippen LogP) is 2.14. The van der Waals surface area contributed by atoms with E-state index in [9.17, 15) is 14.0 Å². The van der Waals surface area contributed by atoms with Gasteiger partial charge in [0.15, 0.2) is 11.6 Å². The van der Waals surface area contributed by atoms with Crippen molar-refractivity contribution in [1.29, 1.82) is 0 Å². The second-order valence-corrected chi connectivity index (χ2v) is 5.60. The van der Waals surface area contributed by atoms with E-state index in [0.717, 1.165) is 5.56 Å². The third-order valence-corrected chi connectivity index (χ3v) is 3.36. The summed E-state index contributed by atoms with van der Waals surface area (Å²) in [5, 5.41) is 2.76. The van der Waals surface area contributed by atoms with Crippen molar-refractivity contribution in [3.05, 3.63) is 29.6 Å². The van der Waals surface area contributed by atoms with Gasteiger partial charge in [0.05, 0.1) is 13.7 Å². The van der Waals surface area contributed by atoms with Gasteiger partial charge in [0.25, 0.3) is 0 Å². The molecule has 0 atom stereocenters. The van der Waals surface area contributed by atoms with Crippen LogP contribution in [0.2, 0.25) is 0 Å². The zero-order valence-electron chi connectivity index (χ0n) is 14.2. The molecule has 6 heteroatoms. The summed E-state index contributed by atoms with van der Waals surface area (Å²) in [5.41, 5.74) is 0.722. The van der Waals surface area contributed by atoms with Gasteiger partial charge in [0.1, 0.15) is 0 Å². The highest BCUT2D eigenvalue weighted by Crippen LogP contribution is 2.18. The average molecular weight is 324 g/mol. The molecule has 0 unspecified atom stereocenters. The standard InChI is InChI=1S/C17H25FN2O3/c1-5-20(11-16(21)19-12(2)3)17(22)9-7-13-6-8-15(23-4)14(18)10-13/h6,8,10,12H,5,7,9,11H2,1-4H3,(H,19,21). The van der Waals surface area contributed by atoms with Crippen molar-refractivity contribution in [2.24, 2.45) is 0 Å². The van der Waals surface area contributed by atoms with E-state index in [1.807, 2.05) is 20.8 Å². The SMILES string of the molecule is CCN(CC(=O)NC(C)C)C(=O)CCc1ccc(OC)c(F)c1. The molecule has 0 aromatic heterocycles. The molecular weight excluding hydrogens is 299 g/mol. The van der Waals surface area contributed by atoms with Gasteiger partial charge in [-0.1, -0.05) is 6.07 Å². The maximum atomic E-state index is 13.6. The van der Waals surface area contributed by atoms with Gasteiger partial charge in [-0.05, 0) is 44.9 Å². The van der Waals surface area contributed by atoms with Gasteiger partial charge in [-0.15, -0.1) is 0 Å². The number of carbonyl (C=O) groups excluding carboxylic acids is 2. The minimum absolute atomic E-state index is 0.0404. The van der Waals surface area contributed by atoms with Gasteiger partial charge in [0, 0.05) is 19.0 Å². The van der Waals surface area contributed by atoms with E-state index in [1.165, 1.54) is 18.1 Å². The Bertz CT molecular complexity index is 547. The molecule has 0 bridgehead atoms. The van der Waals surface area contributed by atoms with Crippen LogP contribution in [-0.2, 0) is 16.0 Å². The number of methoxy groups -OCH3 is 1. The zero-order valence-corrected chi connectivity index (χ0v) is 14.2. The molecule has 128 valence electrons. The molecule has 0 saturated carbocycles. The molecule has 0 heterocycles. The highest BCUT2D eigenvalue weighted by molar-refractivity contribution is 5.85. The Morgan fingerprint density at radius 3 is 2.57 bits per heavy atom. The number of amides is 2. The molecule has 0 fully saturated rings. The minimum atomic E-state index is -0.443. The highest BCUT2D eigenvalue weighted by Gasteiger charge is 2.16. The average Bonchev–Trinajstić information content (AvgIpc) is 2.49. The van der Waals surface area contributed by atoms with Crippen molar-refractivity contribution in [1.82, 2.24) is 10.2 Å². The number of carbonyl (C=O) groups is 2. The van der Waals surface area contributed by atoms with Crippen LogP contribution in [0, 0.1) is 5.82 Å². The molecule has 2 amide bonds. The lowest BCUT2D eigenvalue weighted by Crippen LogP contribution is -2.42. The number of nitrogens with one attached hydrogen (secondary N) is 1. The Morgan fingerprint density at radius 1 is 1.35 bits per heavy atom. The van der Waals surface area contributed by atoms with Crippen LogP contribution in [0.25, 0.3) is 0 Å². The maximum absolute atomic E-state index is 13.6. The van der Waals surface area contributed by atoms with Crippen LogP contribution < -0.4 is 10.1 Å². The summed E-state index contributed by atoms with van der Waals surface area (Å²) < 4.78 is 18.5. The van der Waals surface area contributed by atoms with E-state index in [4.69, 9.17) is 4.74 Å². The van der Waals surface area contributed by atoms with Gasteiger partial charge in [-0.3, -0.25) is 9.59 Å². The monoisotopic (exact) mass is 324 g/mol. The second kappa shape index (κ2) is 9.12. The molecule has 1 rings (SSSR count). The highest BCUT2D eigenvalue weighted by atomic mass is 19.1. The van der Waals surface area contributed by atoms with Crippen LogP contribution in [0.3, 0.4) is 0 Å². The summed E-state index contributed by atoms with van der Waals surface area (Å²) in [6, 6.07) is 4.69. The maximum Gasteiger partial charge on any atom is 0.239 e. The van der Waals surface area contributed by atoms with Crippen molar-refractivity contribution >= 4 is 11.8 Å². The van der Waals surface area contributed by atoms with Crippen LogP contribution >= 0.6 is 0 Å². The molecule has 0 saturated heterocycles. The van der Waals surface area contributed by atoms with Gasteiger partial charge in [-0.25, -0.2) is 4.39 Å². The number of nitrogens with zero attached hydrogens (tertiary/aromatic N) is 1. The Hall–Kier alpha value is -2.11. The van der Waals surface area contributed by atoms with E-state index in [1.54, 1.807) is 12.1 Å². The zero-order chi connectivity index (χ0) is 17.4. The molecule has 5 nitrogen and oxygen atoms in total. The quantitative estimate of drug-likeness (QED) is 0.797. The number of likely N-dealkylation sites (N-methyl/N-ethyl adjacent to an activating group) is 1. The second-order valence-electron chi connectivity index (χ2n) is 5.60. The minimum Gasteiger partial charge on any atom is -0.494 e. The van der Waals surface area contributed by atoms with E-state index >= 15 is 0 Å². The number of hydrogen-bond donors (Lipinski definition) is 1. The van der Waals surface area contributed by atoms with Crippen LogP contribution in [0.15, 0.2) is 18.2 Å². The molecule has 0 aliphatic heterocycles. The number of hydrogen-bond acceptors (Lipinski definition) is 3. The predicted molar refractivity (Wildman–Crippen MR) is 86.8 cm³/mol. The molecule has 0 radical (unpaired) electrons. The third-order valence-electron chi connectivity index (χ3n) is 3.36. The summed E-state index contributed by atoms with van der Waals surface area (Å²) in [7, 11) is 1.41. The normalized spacial score (nSPS) is 10.5. The lowest BCUT2D eigenvalue weighted by molar-refractivity contribution is -0.136. The summed E-state index contributed by atoms with van der Waals surface area (Å²) >= 11 is 0. The topological polar surface area (TPSA) is 58.6 Å². The summed E-state index contributed by atoms with van der Waals surface area (Å²) in [4.78, 5) is 25.5. The fourth-order valence-corrected chi connectivity index (χ4v) is 2.19. The fourth-order valence-electron chi connectivity index (χ4n) is 2.19. The molecule has 1 N–H and O–H groups in total. The lowest BCUT2D eigenvalue weighted by atomic mass is 10.1. The molecule has 23 heavy (non-hydrogen) atoms. The number of halogens is 1. The van der Waals surface area contributed by atoms with Gasteiger partial charge < -0.3 is 15.0 Å². The van der Waals surface area contributed by atoms with Gasteiger partial charge in [-0.2, -0.15) is 0 Å². The largest absolute Gasteiger partial charge is 0.494 e. The number of rotatable bonds is 8. The molecule has 1 aromatic rings. The number of aryl methyl sites for hydroxylation is 1. The van der Waals surface area contributed by atoms with Crippen molar-refractivity contribution in [3.8, 4) is 5.75 Å². The van der Waals surface area contributed by atoms with Crippen molar-refractivity contribution < 1.29 is 18.7 Å². The first-order chi connectivity index (χ1) is 10.9. The van der Waals surface area contributed by atoms with E-state index in [-0.39, 0.29) is 36.6 Å². The molecule has 1 aromatic carbocycles. The molecule has 0 aliphatic carbocycles. The summed E-state index contributed by atoms with van der Waals surface area (Å²) in [6.45, 7) is 6.07. The van der Waals surface area contributed by atoms with Crippen LogP contribution in [0.5, 0.6) is 5.75 Å². The summed E-state index contributed by atoms with van der Waals surface area (Å²) in [5.74, 6) is -0.560. The van der Waals surface area contributed by atoms with Gasteiger partial charge >= 0.3 is 0 Å². The Balaban J connectivity index is 2.56. The van der Waals surface area contributed by atoms with E-state index in [2.05, 4.69) is 5.32 Å². The Kier molecular flexibility index (Phi) is 7.51. The smallest absolute Gasteiger partial charge is 0.239 e. The van der Waals surface area contributed by atoms with Crippen LogP contribution in [-0.4, -0.2) is 43.0 Å². The first kappa shape index (κ1) is 18.9. The Labute approximate surface area is 136 Å². The van der Waals surface area contributed by atoms with E-state index < -0.39 is 5.82 Å². The van der Waals surface area contributed by atoms with Crippen LogP contribution in [0.4, 0.5) is 4.39 Å². The summed E-state index contributed by atoms with van der Waals surface area (Å²) in [6.07, 6.45) is 0.649. The molecular formula is C17H25FN2O3. The first-order valence-electron chi connectivity index (χ1n) is 7.76. The van der Waals surface area contributed by atoms with Crippen molar-refractivity contribution in [2.45, 2.75) is 39.7 Å². The molecule has 0 aliphatic rings. The van der Waals surface area contributed by atoms with Crippen molar-refractivity contribution in [2.75, 3.05) is 20.2 Å². The van der Waals surface area contributed by atoms with Gasteiger partial charge in [0.2, 0.25) is 11.8 Å². The fraction of sp³-hybridized carbons (Fsp3) is 0.529. The van der Waals surface area contributed by atoms with Crippen molar-refractivity contribution in [3.63, 3.8) is 0 Å². The number of benzene rings is 1. The van der Waals surface area contributed by atoms with E-state index in [0.29, 0.717) is 13.0 Å².